The molecule has 0 saturated heterocycles. The SMILES string of the molecule is C[C@@H](C(=O)N(C)[O-])c1ccc2cc(OCc3nc4ccccc4s3)ccc2c1. The number of nitrogens with zero attached hydrogens (tertiary/aromatic N) is 2. The van der Waals surface area contributed by atoms with E-state index in [-0.39, 0.29) is 0 Å². The van der Waals surface area contributed by atoms with Crippen LogP contribution in [0.5, 0.6) is 5.75 Å². The van der Waals surface area contributed by atoms with Crippen molar-refractivity contribution in [2.24, 2.45) is 0 Å². The lowest BCUT2D eigenvalue weighted by atomic mass is 9.97. The number of benzene rings is 3. The minimum atomic E-state index is -0.470. The van der Waals surface area contributed by atoms with Crippen LogP contribution in [-0.4, -0.2) is 23.0 Å². The molecule has 5 nitrogen and oxygen atoms in total. The van der Waals surface area contributed by atoms with Gasteiger partial charge in [-0.15, -0.1) is 11.3 Å². The Labute approximate surface area is 166 Å². The van der Waals surface area contributed by atoms with E-state index in [1.807, 2.05) is 54.6 Å². The molecule has 1 atom stereocenters. The minimum Gasteiger partial charge on any atom is -0.756 e. The van der Waals surface area contributed by atoms with Crippen LogP contribution in [0.25, 0.3) is 21.0 Å². The van der Waals surface area contributed by atoms with Gasteiger partial charge in [0.1, 0.15) is 17.4 Å². The summed E-state index contributed by atoms with van der Waals surface area (Å²) in [4.78, 5) is 16.5. The normalized spacial score (nSPS) is 12.2. The topological polar surface area (TPSA) is 65.5 Å². The van der Waals surface area contributed by atoms with E-state index in [2.05, 4.69) is 11.1 Å². The Morgan fingerprint density at radius 1 is 1.14 bits per heavy atom. The highest BCUT2D eigenvalue weighted by molar-refractivity contribution is 7.18. The average Bonchev–Trinajstić information content (AvgIpc) is 3.13. The zero-order chi connectivity index (χ0) is 19.7. The minimum absolute atomic E-state index is 0.383. The number of ether oxygens (including phenoxy) is 1. The third-order valence-electron chi connectivity index (χ3n) is 4.72. The largest absolute Gasteiger partial charge is 0.756 e. The van der Waals surface area contributed by atoms with Crippen molar-refractivity contribution < 1.29 is 9.53 Å². The van der Waals surface area contributed by atoms with Crippen molar-refractivity contribution in [3.63, 3.8) is 0 Å². The fourth-order valence-corrected chi connectivity index (χ4v) is 4.02. The fraction of sp³-hybridized carbons (Fsp3) is 0.182. The molecule has 4 rings (SSSR count). The van der Waals surface area contributed by atoms with Crippen LogP contribution in [0.2, 0.25) is 0 Å². The summed E-state index contributed by atoms with van der Waals surface area (Å²) < 4.78 is 7.08. The molecule has 0 saturated carbocycles. The summed E-state index contributed by atoms with van der Waals surface area (Å²) in [7, 11) is 1.23. The van der Waals surface area contributed by atoms with Crippen molar-refractivity contribution >= 4 is 38.2 Å². The van der Waals surface area contributed by atoms with Crippen LogP contribution >= 0.6 is 11.3 Å². The van der Waals surface area contributed by atoms with Crippen LogP contribution in [0.15, 0.2) is 60.7 Å². The molecular weight excluding hydrogens is 372 g/mol. The maximum absolute atomic E-state index is 11.9. The quantitative estimate of drug-likeness (QED) is 0.445. The van der Waals surface area contributed by atoms with E-state index < -0.39 is 11.8 Å². The molecule has 1 aromatic heterocycles. The second kappa shape index (κ2) is 7.58. The van der Waals surface area contributed by atoms with Crippen molar-refractivity contribution in [2.75, 3.05) is 7.05 Å². The van der Waals surface area contributed by atoms with E-state index in [4.69, 9.17) is 4.74 Å². The molecule has 4 aromatic rings. The Morgan fingerprint density at radius 3 is 2.68 bits per heavy atom. The Balaban J connectivity index is 1.51. The van der Waals surface area contributed by atoms with Gasteiger partial charge in [0, 0.05) is 0 Å². The number of hydrogen-bond acceptors (Lipinski definition) is 5. The number of hydrogen-bond donors (Lipinski definition) is 0. The molecule has 1 heterocycles. The molecule has 1 amide bonds. The van der Waals surface area contributed by atoms with Gasteiger partial charge in [-0.2, -0.15) is 0 Å². The van der Waals surface area contributed by atoms with Crippen LogP contribution in [0, 0.1) is 5.21 Å². The fourth-order valence-electron chi connectivity index (χ4n) is 3.14. The van der Waals surface area contributed by atoms with Crippen molar-refractivity contribution in [1.29, 1.82) is 0 Å². The first-order chi connectivity index (χ1) is 13.5. The second-order valence-electron chi connectivity index (χ2n) is 6.69. The van der Waals surface area contributed by atoms with Gasteiger partial charge in [0.2, 0.25) is 5.91 Å². The lowest BCUT2D eigenvalue weighted by Gasteiger charge is -2.26. The van der Waals surface area contributed by atoms with Crippen LogP contribution < -0.4 is 4.74 Å². The number of thiazole rings is 1. The summed E-state index contributed by atoms with van der Waals surface area (Å²) in [5, 5.41) is 14.6. The Morgan fingerprint density at radius 2 is 1.89 bits per heavy atom. The van der Waals surface area contributed by atoms with E-state index in [1.54, 1.807) is 18.3 Å². The van der Waals surface area contributed by atoms with Crippen LogP contribution in [0.3, 0.4) is 0 Å². The van der Waals surface area contributed by atoms with Crippen molar-refractivity contribution in [2.45, 2.75) is 19.4 Å². The van der Waals surface area contributed by atoms with Gasteiger partial charge < -0.3 is 15.0 Å². The number of fused-ring (bicyclic) bond motifs is 2. The van der Waals surface area contributed by atoms with Crippen LogP contribution in [-0.2, 0) is 11.4 Å². The standard InChI is InChI=1S/C22H19N2O3S/c1-14(22(25)24(2)26)15-7-8-17-12-18(10-9-16(17)11-15)27-13-21-23-19-5-3-4-6-20(19)28-21/h3-12,14H,13H2,1-2H3/q-1/t14-/m1/s1. The molecule has 0 bridgehead atoms. The molecule has 0 spiro atoms. The summed E-state index contributed by atoms with van der Waals surface area (Å²) >= 11 is 1.63. The van der Waals surface area contributed by atoms with Crippen LogP contribution in [0.1, 0.15) is 23.4 Å². The number of hydroxylamine groups is 2. The third kappa shape index (κ3) is 3.69. The smallest absolute Gasteiger partial charge is 0.219 e. The highest BCUT2D eigenvalue weighted by Gasteiger charge is 2.15. The van der Waals surface area contributed by atoms with E-state index in [0.29, 0.717) is 11.7 Å². The highest BCUT2D eigenvalue weighted by atomic mass is 32.1. The number of carbonyl (C=O) groups excluding carboxylic acids is 1. The first-order valence-electron chi connectivity index (χ1n) is 8.97. The summed E-state index contributed by atoms with van der Waals surface area (Å²) in [6.45, 7) is 2.16. The lowest BCUT2D eigenvalue weighted by Crippen LogP contribution is -2.25. The summed E-state index contributed by atoms with van der Waals surface area (Å²) in [6, 6.07) is 19.7. The van der Waals surface area contributed by atoms with Gasteiger partial charge in [-0.3, -0.25) is 4.79 Å². The van der Waals surface area contributed by atoms with E-state index in [9.17, 15) is 10.0 Å². The number of rotatable bonds is 5. The number of likely N-dealkylation sites (N-methyl/N-ethyl adjacent to an activating group) is 1. The van der Waals surface area contributed by atoms with Crippen molar-refractivity contribution in [3.05, 3.63) is 76.4 Å². The van der Waals surface area contributed by atoms with E-state index in [0.717, 1.165) is 37.3 Å². The average molecular weight is 391 g/mol. The molecule has 0 aliphatic rings. The molecule has 0 aliphatic heterocycles. The molecule has 0 fully saturated rings. The summed E-state index contributed by atoms with van der Waals surface area (Å²) in [6.07, 6.45) is 0. The predicted octanol–water partition coefficient (Wildman–Crippen LogP) is 5.09. The molecular formula is C22H19N2O3S-. The first kappa shape index (κ1) is 18.4. The molecule has 3 aromatic carbocycles. The van der Waals surface area contributed by atoms with Crippen molar-refractivity contribution in [3.8, 4) is 5.75 Å². The molecule has 0 N–H and O–H groups in total. The van der Waals surface area contributed by atoms with E-state index in [1.165, 1.54) is 7.05 Å². The third-order valence-corrected chi connectivity index (χ3v) is 5.73. The zero-order valence-electron chi connectivity index (χ0n) is 15.6. The number of aromatic nitrogens is 1. The Bertz CT molecular complexity index is 1120. The maximum atomic E-state index is 11.9. The van der Waals surface area contributed by atoms with Gasteiger partial charge in [0.05, 0.1) is 16.1 Å². The van der Waals surface area contributed by atoms with Gasteiger partial charge in [0.25, 0.3) is 0 Å². The Hall–Kier alpha value is -2.96. The van der Waals surface area contributed by atoms with Gasteiger partial charge >= 0.3 is 0 Å². The predicted molar refractivity (Wildman–Crippen MR) is 112 cm³/mol. The molecule has 6 heteroatoms. The van der Waals surface area contributed by atoms with Crippen LogP contribution in [0.4, 0.5) is 0 Å². The summed E-state index contributed by atoms with van der Waals surface area (Å²) in [5.41, 5.74) is 1.81. The molecule has 0 aliphatic carbocycles. The molecule has 28 heavy (non-hydrogen) atoms. The van der Waals surface area contributed by atoms with Gasteiger partial charge in [-0.25, -0.2) is 4.98 Å². The maximum Gasteiger partial charge on any atom is 0.219 e. The second-order valence-corrected chi connectivity index (χ2v) is 7.80. The van der Waals surface area contributed by atoms with E-state index >= 15 is 0 Å². The zero-order valence-corrected chi connectivity index (χ0v) is 16.4. The molecule has 142 valence electrons. The monoisotopic (exact) mass is 391 g/mol. The molecule has 0 radical (unpaired) electrons. The number of para-hydroxylation sites is 1. The van der Waals surface area contributed by atoms with Gasteiger partial charge in [-0.1, -0.05) is 36.4 Å². The summed E-state index contributed by atoms with van der Waals surface area (Å²) in [5.74, 6) is -0.153. The van der Waals surface area contributed by atoms with Crippen molar-refractivity contribution in [1.82, 2.24) is 10.0 Å². The van der Waals surface area contributed by atoms with Gasteiger partial charge in [0.15, 0.2) is 0 Å². The number of carbonyl (C=O) groups is 1. The highest BCUT2D eigenvalue weighted by Crippen LogP contribution is 2.27. The lowest BCUT2D eigenvalue weighted by molar-refractivity contribution is -0.128. The first-order valence-corrected chi connectivity index (χ1v) is 9.78. The van der Waals surface area contributed by atoms with Gasteiger partial charge in [-0.05, 0) is 54.6 Å². The molecule has 0 unspecified atom stereocenters. The number of amides is 1. The Kier molecular flexibility index (Phi) is 4.98.